The summed E-state index contributed by atoms with van der Waals surface area (Å²) in [6, 6.07) is 3.13. The molecule has 1 heterocycles. The zero-order chi connectivity index (χ0) is 11.8. The lowest BCUT2D eigenvalue weighted by atomic mass is 9.86. The van der Waals surface area contributed by atoms with E-state index < -0.39 is 0 Å². The number of halogens is 1. The van der Waals surface area contributed by atoms with E-state index in [1.165, 1.54) is 6.07 Å². The Morgan fingerprint density at radius 1 is 1.50 bits per heavy atom. The fourth-order valence-electron chi connectivity index (χ4n) is 2.40. The van der Waals surface area contributed by atoms with Crippen LogP contribution in [0.15, 0.2) is 12.1 Å². The van der Waals surface area contributed by atoms with Gasteiger partial charge in [-0.25, -0.2) is 4.39 Å². The first kappa shape index (κ1) is 11.3. The summed E-state index contributed by atoms with van der Waals surface area (Å²) in [6.07, 6.45) is 2.81. The summed E-state index contributed by atoms with van der Waals surface area (Å²) >= 11 is 0. The Labute approximate surface area is 94.9 Å². The second-order valence-electron chi connectivity index (χ2n) is 4.67. The number of carbonyl (C=O) groups excluding carboxylic acids is 1. The molecule has 0 saturated carbocycles. The SMILES string of the molecule is Cc1cc(C2(C)CCCN2)c(C=O)cc1F. The zero-order valence-electron chi connectivity index (χ0n) is 9.64. The van der Waals surface area contributed by atoms with Gasteiger partial charge in [0.05, 0.1) is 0 Å². The first-order valence-corrected chi connectivity index (χ1v) is 5.58. The maximum absolute atomic E-state index is 13.4. The van der Waals surface area contributed by atoms with Crippen molar-refractivity contribution in [3.63, 3.8) is 0 Å². The van der Waals surface area contributed by atoms with Crippen LogP contribution in [-0.2, 0) is 5.54 Å². The van der Waals surface area contributed by atoms with Gasteiger partial charge in [-0.1, -0.05) is 6.07 Å². The maximum Gasteiger partial charge on any atom is 0.150 e. The lowest BCUT2D eigenvalue weighted by molar-refractivity contribution is 0.112. The van der Waals surface area contributed by atoms with Gasteiger partial charge in [0.15, 0.2) is 6.29 Å². The molecule has 1 fully saturated rings. The van der Waals surface area contributed by atoms with Gasteiger partial charge in [-0.3, -0.25) is 4.79 Å². The molecule has 2 nitrogen and oxygen atoms in total. The highest BCUT2D eigenvalue weighted by Gasteiger charge is 2.32. The number of aryl methyl sites for hydroxylation is 1. The molecule has 1 aromatic rings. The molecule has 0 spiro atoms. The molecule has 0 aromatic heterocycles. The Morgan fingerprint density at radius 3 is 2.81 bits per heavy atom. The molecular formula is C13H16FNO. The number of nitrogens with one attached hydrogen (secondary N) is 1. The van der Waals surface area contributed by atoms with Crippen LogP contribution in [-0.4, -0.2) is 12.8 Å². The average molecular weight is 221 g/mol. The van der Waals surface area contributed by atoms with Crippen LogP contribution in [0.4, 0.5) is 4.39 Å². The van der Waals surface area contributed by atoms with Crippen LogP contribution in [0.3, 0.4) is 0 Å². The molecule has 1 aromatic carbocycles. The van der Waals surface area contributed by atoms with E-state index in [4.69, 9.17) is 0 Å². The van der Waals surface area contributed by atoms with Crippen LogP contribution in [0, 0.1) is 12.7 Å². The molecular weight excluding hydrogens is 205 g/mol. The lowest BCUT2D eigenvalue weighted by Crippen LogP contribution is -2.34. The minimum atomic E-state index is -0.313. The number of benzene rings is 1. The van der Waals surface area contributed by atoms with Gasteiger partial charge in [0.1, 0.15) is 5.82 Å². The summed E-state index contributed by atoms with van der Waals surface area (Å²) in [5.41, 5.74) is 1.78. The molecule has 1 aliphatic heterocycles. The van der Waals surface area contributed by atoms with Crippen LogP contribution in [0.1, 0.15) is 41.3 Å². The first-order valence-electron chi connectivity index (χ1n) is 5.58. The van der Waals surface area contributed by atoms with Gasteiger partial charge < -0.3 is 5.32 Å². The zero-order valence-corrected chi connectivity index (χ0v) is 9.64. The number of hydrogen-bond acceptors (Lipinski definition) is 2. The van der Waals surface area contributed by atoms with Crippen LogP contribution in [0.5, 0.6) is 0 Å². The van der Waals surface area contributed by atoms with Gasteiger partial charge >= 0.3 is 0 Å². The summed E-state index contributed by atoms with van der Waals surface area (Å²) < 4.78 is 13.4. The molecule has 3 heteroatoms. The predicted molar refractivity (Wildman–Crippen MR) is 61.1 cm³/mol. The second-order valence-corrected chi connectivity index (χ2v) is 4.67. The minimum absolute atomic E-state index is 0.186. The molecule has 1 N–H and O–H groups in total. The summed E-state index contributed by atoms with van der Waals surface area (Å²) in [5, 5.41) is 3.39. The van der Waals surface area contributed by atoms with Crippen molar-refractivity contribution in [2.24, 2.45) is 0 Å². The summed E-state index contributed by atoms with van der Waals surface area (Å²) in [5.74, 6) is -0.313. The average Bonchev–Trinajstić information content (AvgIpc) is 2.69. The Morgan fingerprint density at radius 2 is 2.25 bits per heavy atom. The highest BCUT2D eigenvalue weighted by molar-refractivity contribution is 5.78. The lowest BCUT2D eigenvalue weighted by Gasteiger charge is -2.27. The molecule has 1 atom stereocenters. The monoisotopic (exact) mass is 221 g/mol. The fourth-order valence-corrected chi connectivity index (χ4v) is 2.40. The van der Waals surface area contributed by atoms with Gasteiger partial charge in [0, 0.05) is 11.1 Å². The molecule has 1 saturated heterocycles. The Bertz CT molecular complexity index is 422. The summed E-state index contributed by atoms with van der Waals surface area (Å²) in [4.78, 5) is 11.0. The van der Waals surface area contributed by atoms with E-state index in [2.05, 4.69) is 12.2 Å². The van der Waals surface area contributed by atoms with Gasteiger partial charge in [-0.05, 0) is 50.4 Å². The van der Waals surface area contributed by atoms with E-state index >= 15 is 0 Å². The van der Waals surface area contributed by atoms with Crippen LogP contribution < -0.4 is 5.32 Å². The summed E-state index contributed by atoms with van der Waals surface area (Å²) in [7, 11) is 0. The first-order chi connectivity index (χ1) is 7.57. The minimum Gasteiger partial charge on any atom is -0.308 e. The molecule has 1 aliphatic rings. The van der Waals surface area contributed by atoms with Crippen molar-refractivity contribution in [2.45, 2.75) is 32.2 Å². The largest absolute Gasteiger partial charge is 0.308 e. The van der Waals surface area contributed by atoms with Crippen molar-refractivity contribution >= 4 is 6.29 Å². The van der Waals surface area contributed by atoms with Gasteiger partial charge in [-0.2, -0.15) is 0 Å². The smallest absolute Gasteiger partial charge is 0.150 e. The Kier molecular flexibility index (Phi) is 2.80. The molecule has 2 rings (SSSR count). The van der Waals surface area contributed by atoms with Crippen molar-refractivity contribution in [1.82, 2.24) is 5.32 Å². The van der Waals surface area contributed by atoms with Crippen LogP contribution in [0.25, 0.3) is 0 Å². The highest BCUT2D eigenvalue weighted by Crippen LogP contribution is 2.33. The van der Waals surface area contributed by atoms with E-state index in [0.717, 1.165) is 31.2 Å². The second kappa shape index (κ2) is 3.98. The standard InChI is InChI=1S/C13H16FNO/c1-9-6-11(10(8-16)7-12(9)14)13(2)4-3-5-15-13/h6-8,15H,3-5H2,1-2H3. The van der Waals surface area contributed by atoms with Crippen molar-refractivity contribution in [2.75, 3.05) is 6.54 Å². The molecule has 1 unspecified atom stereocenters. The third kappa shape index (κ3) is 1.76. The predicted octanol–water partition coefficient (Wildman–Crippen LogP) is 2.55. The Balaban J connectivity index is 2.54. The van der Waals surface area contributed by atoms with E-state index in [1.807, 2.05) is 0 Å². The summed E-state index contributed by atoms with van der Waals surface area (Å²) in [6.45, 7) is 4.75. The van der Waals surface area contributed by atoms with E-state index in [9.17, 15) is 9.18 Å². The van der Waals surface area contributed by atoms with Crippen molar-refractivity contribution in [3.8, 4) is 0 Å². The molecule has 0 amide bonds. The van der Waals surface area contributed by atoms with Crippen molar-refractivity contribution in [3.05, 3.63) is 34.6 Å². The number of rotatable bonds is 2. The van der Waals surface area contributed by atoms with E-state index in [0.29, 0.717) is 11.1 Å². The van der Waals surface area contributed by atoms with Crippen LogP contribution in [0.2, 0.25) is 0 Å². The molecule has 0 bridgehead atoms. The Hall–Kier alpha value is -1.22. The van der Waals surface area contributed by atoms with Gasteiger partial charge in [0.2, 0.25) is 0 Å². The van der Waals surface area contributed by atoms with Crippen LogP contribution >= 0.6 is 0 Å². The number of aldehydes is 1. The normalized spacial score (nSPS) is 24.7. The van der Waals surface area contributed by atoms with Crippen molar-refractivity contribution in [1.29, 1.82) is 0 Å². The molecule has 0 aliphatic carbocycles. The van der Waals surface area contributed by atoms with Crippen molar-refractivity contribution < 1.29 is 9.18 Å². The number of carbonyl (C=O) groups is 1. The molecule has 86 valence electrons. The third-order valence-electron chi connectivity index (χ3n) is 3.42. The van der Waals surface area contributed by atoms with E-state index in [-0.39, 0.29) is 11.4 Å². The molecule has 0 radical (unpaired) electrons. The third-order valence-corrected chi connectivity index (χ3v) is 3.42. The fraction of sp³-hybridized carbons (Fsp3) is 0.462. The number of hydrogen-bond donors (Lipinski definition) is 1. The highest BCUT2D eigenvalue weighted by atomic mass is 19.1. The van der Waals surface area contributed by atoms with E-state index in [1.54, 1.807) is 13.0 Å². The maximum atomic E-state index is 13.4. The van der Waals surface area contributed by atoms with Gasteiger partial charge in [0.25, 0.3) is 0 Å². The molecule has 16 heavy (non-hydrogen) atoms. The topological polar surface area (TPSA) is 29.1 Å². The quantitative estimate of drug-likeness (QED) is 0.777. The van der Waals surface area contributed by atoms with Gasteiger partial charge in [-0.15, -0.1) is 0 Å².